The Bertz CT molecular complexity index is 878. The van der Waals surface area contributed by atoms with Crippen molar-refractivity contribution in [2.24, 2.45) is 0 Å². The van der Waals surface area contributed by atoms with Crippen LogP contribution in [-0.2, 0) is 6.61 Å². The van der Waals surface area contributed by atoms with Gasteiger partial charge in [0.1, 0.15) is 18.2 Å². The van der Waals surface area contributed by atoms with Crippen LogP contribution in [0.3, 0.4) is 0 Å². The lowest BCUT2D eigenvalue weighted by atomic mass is 9.96. The van der Waals surface area contributed by atoms with E-state index in [9.17, 15) is 4.79 Å². The van der Waals surface area contributed by atoms with Gasteiger partial charge in [-0.25, -0.2) is 4.98 Å². The Morgan fingerprint density at radius 3 is 2.78 bits per heavy atom. The Labute approximate surface area is 159 Å². The minimum atomic E-state index is 0.0231. The zero-order valence-corrected chi connectivity index (χ0v) is 15.2. The number of likely N-dealkylation sites (tertiary alicyclic amines) is 1. The largest absolute Gasteiger partial charge is 0.488 e. The second-order valence-corrected chi connectivity index (χ2v) is 6.84. The summed E-state index contributed by atoms with van der Waals surface area (Å²) in [4.78, 5) is 22.6. The number of imidazole rings is 1. The first-order valence-corrected chi connectivity index (χ1v) is 9.35. The standard InChI is InChI=1S/C22H23N3O2/c26-22(25-14-6-9-18(15-25)21-23-12-13-24-21)19-10-4-5-11-20(19)27-16-17-7-2-1-3-8-17/h1-5,7-8,10-13,18H,6,9,14-16H2,(H,23,24)/t18-/m1/s1. The molecular formula is C22H23N3O2. The molecule has 138 valence electrons. The Hall–Kier alpha value is -3.08. The summed E-state index contributed by atoms with van der Waals surface area (Å²) in [6.07, 6.45) is 5.62. The number of piperidine rings is 1. The summed E-state index contributed by atoms with van der Waals surface area (Å²) < 4.78 is 5.97. The van der Waals surface area contributed by atoms with E-state index in [2.05, 4.69) is 9.97 Å². The molecular weight excluding hydrogens is 338 g/mol. The maximum atomic E-state index is 13.2. The van der Waals surface area contributed by atoms with Gasteiger partial charge >= 0.3 is 0 Å². The number of aromatic nitrogens is 2. The minimum Gasteiger partial charge on any atom is -0.488 e. The van der Waals surface area contributed by atoms with Crippen LogP contribution in [0.2, 0.25) is 0 Å². The molecule has 4 rings (SSSR count). The molecule has 0 unspecified atom stereocenters. The number of hydrogen-bond donors (Lipinski definition) is 1. The molecule has 1 aromatic heterocycles. The van der Waals surface area contributed by atoms with E-state index in [1.165, 1.54) is 0 Å². The van der Waals surface area contributed by atoms with E-state index in [4.69, 9.17) is 4.74 Å². The highest BCUT2D eigenvalue weighted by Crippen LogP contribution is 2.28. The van der Waals surface area contributed by atoms with Crippen molar-refractivity contribution in [1.29, 1.82) is 0 Å². The summed E-state index contributed by atoms with van der Waals surface area (Å²) in [5, 5.41) is 0. The fraction of sp³-hybridized carbons (Fsp3) is 0.273. The SMILES string of the molecule is O=C(c1ccccc1OCc1ccccc1)N1CCC[C@@H](c2ncc[nH]2)C1. The number of nitrogens with zero attached hydrogens (tertiary/aromatic N) is 2. The molecule has 1 fully saturated rings. The first-order chi connectivity index (χ1) is 13.3. The van der Waals surface area contributed by atoms with E-state index < -0.39 is 0 Å². The third kappa shape index (κ3) is 4.03. The normalized spacial score (nSPS) is 16.9. The van der Waals surface area contributed by atoms with Crippen LogP contribution < -0.4 is 4.74 Å². The van der Waals surface area contributed by atoms with Gasteiger partial charge in [-0.05, 0) is 30.5 Å². The quantitative estimate of drug-likeness (QED) is 0.747. The molecule has 1 aliphatic heterocycles. The Morgan fingerprint density at radius 2 is 1.96 bits per heavy atom. The predicted octanol–water partition coefficient (Wildman–Crippen LogP) is 4.01. The zero-order valence-electron chi connectivity index (χ0n) is 15.2. The van der Waals surface area contributed by atoms with Gasteiger partial charge in [-0.15, -0.1) is 0 Å². The number of rotatable bonds is 5. The monoisotopic (exact) mass is 361 g/mol. The summed E-state index contributed by atoms with van der Waals surface area (Å²) in [6, 6.07) is 17.5. The topological polar surface area (TPSA) is 58.2 Å². The Balaban J connectivity index is 1.48. The molecule has 5 heteroatoms. The minimum absolute atomic E-state index is 0.0231. The van der Waals surface area contributed by atoms with Gasteiger partial charge in [-0.2, -0.15) is 0 Å². The van der Waals surface area contributed by atoms with Crippen LogP contribution in [0.15, 0.2) is 67.0 Å². The maximum absolute atomic E-state index is 13.2. The lowest BCUT2D eigenvalue weighted by Gasteiger charge is -2.32. The summed E-state index contributed by atoms with van der Waals surface area (Å²) >= 11 is 0. The number of hydrogen-bond acceptors (Lipinski definition) is 3. The lowest BCUT2D eigenvalue weighted by Crippen LogP contribution is -2.39. The summed E-state index contributed by atoms with van der Waals surface area (Å²) in [6.45, 7) is 1.89. The molecule has 1 aliphatic rings. The van der Waals surface area contributed by atoms with Crippen molar-refractivity contribution >= 4 is 5.91 Å². The number of carbonyl (C=O) groups excluding carboxylic acids is 1. The molecule has 2 heterocycles. The molecule has 0 bridgehead atoms. The van der Waals surface area contributed by atoms with Crippen molar-refractivity contribution in [3.05, 3.63) is 83.9 Å². The third-order valence-corrected chi connectivity index (χ3v) is 4.97. The number of ether oxygens (including phenoxy) is 1. The second kappa shape index (κ2) is 8.08. The van der Waals surface area contributed by atoms with Crippen LogP contribution in [0.25, 0.3) is 0 Å². The van der Waals surface area contributed by atoms with E-state index in [0.717, 1.165) is 30.8 Å². The van der Waals surface area contributed by atoms with Gasteiger partial charge in [0.25, 0.3) is 5.91 Å². The number of carbonyl (C=O) groups is 1. The summed E-state index contributed by atoms with van der Waals surface area (Å²) in [7, 11) is 0. The third-order valence-electron chi connectivity index (χ3n) is 4.97. The first-order valence-electron chi connectivity index (χ1n) is 9.35. The van der Waals surface area contributed by atoms with Gasteiger partial charge in [0.15, 0.2) is 0 Å². The molecule has 27 heavy (non-hydrogen) atoms. The smallest absolute Gasteiger partial charge is 0.257 e. The summed E-state index contributed by atoms with van der Waals surface area (Å²) in [5.74, 6) is 1.87. The number of benzene rings is 2. The van der Waals surface area contributed by atoms with Crippen molar-refractivity contribution < 1.29 is 9.53 Å². The number of H-pyrrole nitrogens is 1. The van der Waals surface area contributed by atoms with Crippen LogP contribution in [-0.4, -0.2) is 33.9 Å². The van der Waals surface area contributed by atoms with Crippen molar-refractivity contribution in [3.8, 4) is 5.75 Å². The molecule has 0 spiro atoms. The molecule has 0 aliphatic carbocycles. The average Bonchev–Trinajstić information content (AvgIpc) is 3.28. The molecule has 0 radical (unpaired) electrons. The van der Waals surface area contributed by atoms with Gasteiger partial charge in [0.2, 0.25) is 0 Å². The van der Waals surface area contributed by atoms with Gasteiger partial charge in [-0.3, -0.25) is 4.79 Å². The Kier molecular flexibility index (Phi) is 5.19. The maximum Gasteiger partial charge on any atom is 0.257 e. The predicted molar refractivity (Wildman–Crippen MR) is 104 cm³/mol. The molecule has 1 saturated heterocycles. The van der Waals surface area contributed by atoms with Gasteiger partial charge in [-0.1, -0.05) is 42.5 Å². The number of aromatic amines is 1. The van der Waals surface area contributed by atoms with E-state index in [1.54, 1.807) is 6.20 Å². The fourth-order valence-electron chi connectivity index (χ4n) is 3.56. The average molecular weight is 361 g/mol. The van der Waals surface area contributed by atoms with Crippen LogP contribution >= 0.6 is 0 Å². The van der Waals surface area contributed by atoms with Crippen LogP contribution in [0.5, 0.6) is 5.75 Å². The van der Waals surface area contributed by atoms with Crippen LogP contribution in [0.1, 0.15) is 40.5 Å². The molecule has 3 aromatic rings. The number of nitrogens with one attached hydrogen (secondary N) is 1. The Morgan fingerprint density at radius 1 is 1.15 bits per heavy atom. The molecule has 0 saturated carbocycles. The van der Waals surface area contributed by atoms with Crippen molar-refractivity contribution in [2.75, 3.05) is 13.1 Å². The highest BCUT2D eigenvalue weighted by atomic mass is 16.5. The highest BCUT2D eigenvalue weighted by molar-refractivity contribution is 5.97. The molecule has 5 nitrogen and oxygen atoms in total. The van der Waals surface area contributed by atoms with Crippen molar-refractivity contribution in [2.45, 2.75) is 25.4 Å². The van der Waals surface area contributed by atoms with E-state index >= 15 is 0 Å². The van der Waals surface area contributed by atoms with E-state index in [0.29, 0.717) is 24.5 Å². The van der Waals surface area contributed by atoms with E-state index in [1.807, 2.05) is 65.7 Å². The zero-order chi connectivity index (χ0) is 18.5. The summed E-state index contributed by atoms with van der Waals surface area (Å²) in [5.41, 5.74) is 1.70. The highest BCUT2D eigenvalue weighted by Gasteiger charge is 2.28. The fourth-order valence-corrected chi connectivity index (χ4v) is 3.56. The molecule has 1 N–H and O–H groups in total. The van der Waals surface area contributed by atoms with Gasteiger partial charge in [0, 0.05) is 31.4 Å². The number of para-hydroxylation sites is 1. The van der Waals surface area contributed by atoms with E-state index in [-0.39, 0.29) is 11.8 Å². The molecule has 2 aromatic carbocycles. The van der Waals surface area contributed by atoms with Crippen molar-refractivity contribution in [3.63, 3.8) is 0 Å². The van der Waals surface area contributed by atoms with Gasteiger partial charge < -0.3 is 14.6 Å². The van der Waals surface area contributed by atoms with Crippen molar-refractivity contribution in [1.82, 2.24) is 14.9 Å². The van der Waals surface area contributed by atoms with Crippen LogP contribution in [0, 0.1) is 0 Å². The first kappa shape index (κ1) is 17.3. The number of amides is 1. The van der Waals surface area contributed by atoms with Crippen LogP contribution in [0.4, 0.5) is 0 Å². The molecule has 1 amide bonds. The molecule has 1 atom stereocenters. The van der Waals surface area contributed by atoms with Gasteiger partial charge in [0.05, 0.1) is 5.56 Å². The lowest BCUT2D eigenvalue weighted by molar-refractivity contribution is 0.0700. The second-order valence-electron chi connectivity index (χ2n) is 6.84.